The summed E-state index contributed by atoms with van der Waals surface area (Å²) in [6, 6.07) is 9.30. The Bertz CT molecular complexity index is 731. The lowest BCUT2D eigenvalue weighted by Gasteiger charge is -2.29. The van der Waals surface area contributed by atoms with Crippen molar-refractivity contribution in [1.29, 1.82) is 0 Å². The third-order valence-electron chi connectivity index (χ3n) is 4.48. The number of hydrogen-bond acceptors (Lipinski definition) is 4. The number of rotatable bonds is 7. The Morgan fingerprint density at radius 3 is 2.76 bits per heavy atom. The molecule has 1 atom stereocenters. The van der Waals surface area contributed by atoms with E-state index in [0.29, 0.717) is 42.9 Å². The zero-order valence-corrected chi connectivity index (χ0v) is 14.5. The van der Waals surface area contributed by atoms with Gasteiger partial charge in [-0.05, 0) is 37.0 Å². The number of carbonyl (C=O) groups is 2. The van der Waals surface area contributed by atoms with Crippen LogP contribution < -0.4 is 10.6 Å². The van der Waals surface area contributed by atoms with E-state index in [1.807, 2.05) is 24.3 Å². The first-order valence-corrected chi connectivity index (χ1v) is 8.64. The summed E-state index contributed by atoms with van der Waals surface area (Å²) in [6.45, 7) is 0.339. The SMILES string of the molecule is O=C(CC[C@@]1(Cc2ccc(Cl)cc2)CCC(=O)N1)NCc1ccon1. The van der Waals surface area contributed by atoms with Crippen molar-refractivity contribution in [3.63, 3.8) is 0 Å². The lowest BCUT2D eigenvalue weighted by atomic mass is 9.85. The lowest BCUT2D eigenvalue weighted by Crippen LogP contribution is -2.44. The van der Waals surface area contributed by atoms with E-state index in [1.165, 1.54) is 6.26 Å². The normalized spacial score (nSPS) is 19.6. The Balaban J connectivity index is 1.57. The number of carbonyl (C=O) groups excluding carboxylic acids is 2. The second-order valence-corrected chi connectivity index (χ2v) is 6.84. The zero-order valence-electron chi connectivity index (χ0n) is 13.8. The Labute approximate surface area is 150 Å². The maximum absolute atomic E-state index is 12.1. The van der Waals surface area contributed by atoms with Gasteiger partial charge in [0.05, 0.1) is 6.54 Å². The van der Waals surface area contributed by atoms with E-state index in [-0.39, 0.29) is 17.4 Å². The van der Waals surface area contributed by atoms with Gasteiger partial charge in [0.1, 0.15) is 12.0 Å². The highest BCUT2D eigenvalue weighted by Gasteiger charge is 2.37. The Kier molecular flexibility index (Phi) is 5.38. The van der Waals surface area contributed by atoms with Crippen molar-refractivity contribution in [3.8, 4) is 0 Å². The molecule has 2 heterocycles. The summed E-state index contributed by atoms with van der Waals surface area (Å²) in [5, 5.41) is 10.3. The minimum absolute atomic E-state index is 0.0389. The molecule has 6 nitrogen and oxygen atoms in total. The summed E-state index contributed by atoms with van der Waals surface area (Å²) in [5.74, 6) is -0.0309. The van der Waals surface area contributed by atoms with Gasteiger partial charge in [0.25, 0.3) is 0 Å². The zero-order chi connectivity index (χ0) is 17.7. The number of halogens is 1. The predicted molar refractivity (Wildman–Crippen MR) is 92.8 cm³/mol. The van der Waals surface area contributed by atoms with Crippen LogP contribution in [0.25, 0.3) is 0 Å². The molecule has 0 saturated carbocycles. The van der Waals surface area contributed by atoms with Crippen molar-refractivity contribution in [2.24, 2.45) is 0 Å². The molecule has 3 rings (SSSR count). The van der Waals surface area contributed by atoms with Crippen LogP contribution in [0.15, 0.2) is 41.1 Å². The van der Waals surface area contributed by atoms with Gasteiger partial charge in [-0.1, -0.05) is 28.9 Å². The highest BCUT2D eigenvalue weighted by atomic mass is 35.5. The van der Waals surface area contributed by atoms with Crippen molar-refractivity contribution in [2.75, 3.05) is 0 Å². The molecule has 0 radical (unpaired) electrons. The summed E-state index contributed by atoms with van der Waals surface area (Å²) >= 11 is 5.93. The van der Waals surface area contributed by atoms with E-state index >= 15 is 0 Å². The Hall–Kier alpha value is -2.34. The molecule has 1 aliphatic rings. The van der Waals surface area contributed by atoms with Gasteiger partial charge < -0.3 is 15.2 Å². The van der Waals surface area contributed by atoms with Crippen LogP contribution >= 0.6 is 11.6 Å². The molecule has 1 aromatic carbocycles. The largest absolute Gasteiger partial charge is 0.364 e. The number of nitrogens with zero attached hydrogens (tertiary/aromatic N) is 1. The topological polar surface area (TPSA) is 84.2 Å². The summed E-state index contributed by atoms with van der Waals surface area (Å²) in [5.41, 5.74) is 1.39. The number of nitrogens with one attached hydrogen (secondary N) is 2. The monoisotopic (exact) mass is 361 g/mol. The van der Waals surface area contributed by atoms with E-state index in [2.05, 4.69) is 15.8 Å². The van der Waals surface area contributed by atoms with Crippen LogP contribution in [-0.4, -0.2) is 22.5 Å². The van der Waals surface area contributed by atoms with Crippen LogP contribution in [0.2, 0.25) is 5.02 Å². The molecule has 2 amide bonds. The van der Waals surface area contributed by atoms with Gasteiger partial charge in [-0.2, -0.15) is 0 Å². The molecule has 7 heteroatoms. The van der Waals surface area contributed by atoms with E-state index in [0.717, 1.165) is 12.0 Å². The second kappa shape index (κ2) is 7.70. The fourth-order valence-electron chi connectivity index (χ4n) is 3.13. The maximum atomic E-state index is 12.1. The standard InChI is InChI=1S/C18H20ClN3O3/c19-14-3-1-13(2-4-14)11-18(9-6-17(24)21-18)8-5-16(23)20-12-15-7-10-25-22-15/h1-4,7,10H,5-6,8-9,11-12H2,(H,20,23)(H,21,24)/t18-/m0/s1. The molecule has 0 unspecified atom stereocenters. The van der Waals surface area contributed by atoms with Gasteiger partial charge in [-0.15, -0.1) is 0 Å². The fourth-order valence-corrected chi connectivity index (χ4v) is 3.26. The molecule has 1 aromatic heterocycles. The van der Waals surface area contributed by atoms with Crippen molar-refractivity contribution in [2.45, 2.75) is 44.2 Å². The van der Waals surface area contributed by atoms with Crippen LogP contribution in [0, 0.1) is 0 Å². The van der Waals surface area contributed by atoms with E-state index in [4.69, 9.17) is 16.1 Å². The van der Waals surface area contributed by atoms with Crippen molar-refractivity contribution in [3.05, 3.63) is 52.9 Å². The summed E-state index contributed by atoms with van der Waals surface area (Å²) < 4.78 is 4.73. The summed E-state index contributed by atoms with van der Waals surface area (Å²) in [4.78, 5) is 23.9. The first kappa shape index (κ1) is 17.5. The molecule has 132 valence electrons. The van der Waals surface area contributed by atoms with E-state index < -0.39 is 0 Å². The molecule has 2 aromatic rings. The number of hydrogen-bond donors (Lipinski definition) is 2. The average Bonchev–Trinajstić information content (AvgIpc) is 3.24. The number of amides is 2. The minimum atomic E-state index is -0.379. The first-order chi connectivity index (χ1) is 12.0. The minimum Gasteiger partial charge on any atom is -0.364 e. The quantitative estimate of drug-likeness (QED) is 0.794. The van der Waals surface area contributed by atoms with E-state index in [1.54, 1.807) is 6.07 Å². The molecular formula is C18H20ClN3O3. The van der Waals surface area contributed by atoms with Crippen LogP contribution in [0.4, 0.5) is 0 Å². The highest BCUT2D eigenvalue weighted by Crippen LogP contribution is 2.30. The van der Waals surface area contributed by atoms with Crippen LogP contribution in [0.5, 0.6) is 0 Å². The third kappa shape index (κ3) is 4.82. The Morgan fingerprint density at radius 2 is 2.12 bits per heavy atom. The van der Waals surface area contributed by atoms with Gasteiger partial charge in [-0.25, -0.2) is 0 Å². The molecular weight excluding hydrogens is 342 g/mol. The van der Waals surface area contributed by atoms with Gasteiger partial charge in [0.2, 0.25) is 11.8 Å². The highest BCUT2D eigenvalue weighted by molar-refractivity contribution is 6.30. The summed E-state index contributed by atoms with van der Waals surface area (Å²) in [7, 11) is 0. The molecule has 1 saturated heterocycles. The molecule has 2 N–H and O–H groups in total. The van der Waals surface area contributed by atoms with Crippen LogP contribution in [0.1, 0.15) is 36.9 Å². The van der Waals surface area contributed by atoms with Crippen LogP contribution in [0.3, 0.4) is 0 Å². The first-order valence-electron chi connectivity index (χ1n) is 8.26. The maximum Gasteiger partial charge on any atom is 0.220 e. The third-order valence-corrected chi connectivity index (χ3v) is 4.73. The Morgan fingerprint density at radius 1 is 1.32 bits per heavy atom. The summed E-state index contributed by atoms with van der Waals surface area (Å²) in [6.07, 6.45) is 4.31. The molecule has 0 bridgehead atoms. The van der Waals surface area contributed by atoms with Gasteiger partial charge >= 0.3 is 0 Å². The average molecular weight is 362 g/mol. The fraction of sp³-hybridized carbons (Fsp3) is 0.389. The molecule has 25 heavy (non-hydrogen) atoms. The van der Waals surface area contributed by atoms with Gasteiger partial charge in [0, 0.05) is 29.5 Å². The molecule has 1 fully saturated rings. The van der Waals surface area contributed by atoms with Gasteiger partial charge in [0.15, 0.2) is 0 Å². The molecule has 1 aliphatic heterocycles. The molecule has 0 spiro atoms. The van der Waals surface area contributed by atoms with Crippen molar-refractivity contribution >= 4 is 23.4 Å². The smallest absolute Gasteiger partial charge is 0.220 e. The number of benzene rings is 1. The van der Waals surface area contributed by atoms with E-state index in [9.17, 15) is 9.59 Å². The molecule has 0 aliphatic carbocycles. The van der Waals surface area contributed by atoms with Crippen molar-refractivity contribution < 1.29 is 14.1 Å². The second-order valence-electron chi connectivity index (χ2n) is 6.40. The van der Waals surface area contributed by atoms with Crippen LogP contribution in [-0.2, 0) is 22.6 Å². The predicted octanol–water partition coefficient (Wildman–Crippen LogP) is 2.62. The lowest BCUT2D eigenvalue weighted by molar-refractivity contribution is -0.122. The van der Waals surface area contributed by atoms with Crippen molar-refractivity contribution in [1.82, 2.24) is 15.8 Å². The number of aromatic nitrogens is 1. The van der Waals surface area contributed by atoms with Gasteiger partial charge in [-0.3, -0.25) is 9.59 Å².